The number of likely N-dealkylation sites (N-methyl/N-ethyl adjacent to an activating group) is 1. The van der Waals surface area contributed by atoms with E-state index in [0.29, 0.717) is 13.2 Å². The quantitative estimate of drug-likeness (QED) is 0.449. The standard InChI is InChI=1S/C23H29N5O/c1-3-25-23(27(2)14-15-29-22-10-5-4-6-11-22)26-17-20-8-7-9-21(16-20)18-28-13-12-24-19-28/h4-13,16,19H,3,14-15,17-18H2,1-2H3,(H,25,26). The van der Waals surface area contributed by atoms with Gasteiger partial charge in [0.1, 0.15) is 12.4 Å². The molecule has 6 heteroatoms. The molecule has 1 heterocycles. The minimum Gasteiger partial charge on any atom is -0.492 e. The van der Waals surface area contributed by atoms with Gasteiger partial charge in [-0.2, -0.15) is 0 Å². The van der Waals surface area contributed by atoms with Gasteiger partial charge in [-0.05, 0) is 30.2 Å². The summed E-state index contributed by atoms with van der Waals surface area (Å²) in [6.07, 6.45) is 5.61. The number of benzene rings is 2. The van der Waals surface area contributed by atoms with Gasteiger partial charge in [-0.3, -0.25) is 0 Å². The van der Waals surface area contributed by atoms with E-state index < -0.39 is 0 Å². The van der Waals surface area contributed by atoms with Gasteiger partial charge in [-0.1, -0.05) is 42.5 Å². The highest BCUT2D eigenvalue weighted by Gasteiger charge is 2.06. The minimum atomic E-state index is 0.602. The lowest BCUT2D eigenvalue weighted by Crippen LogP contribution is -2.40. The third-order valence-corrected chi connectivity index (χ3v) is 4.46. The number of guanidine groups is 1. The van der Waals surface area contributed by atoms with E-state index in [1.165, 1.54) is 11.1 Å². The molecule has 2 aromatic carbocycles. The van der Waals surface area contributed by atoms with E-state index in [4.69, 9.17) is 9.73 Å². The molecular weight excluding hydrogens is 362 g/mol. The number of rotatable bonds is 9. The Kier molecular flexibility index (Phi) is 7.69. The molecule has 3 rings (SSSR count). The maximum Gasteiger partial charge on any atom is 0.194 e. The predicted octanol–water partition coefficient (Wildman–Crippen LogP) is 3.41. The summed E-state index contributed by atoms with van der Waals surface area (Å²) < 4.78 is 7.86. The van der Waals surface area contributed by atoms with Crippen LogP contribution < -0.4 is 10.1 Å². The molecule has 0 spiro atoms. The smallest absolute Gasteiger partial charge is 0.194 e. The molecule has 0 amide bonds. The average Bonchev–Trinajstić information content (AvgIpc) is 3.25. The predicted molar refractivity (Wildman–Crippen MR) is 117 cm³/mol. The molecule has 0 radical (unpaired) electrons. The number of aromatic nitrogens is 2. The summed E-state index contributed by atoms with van der Waals surface area (Å²) in [5, 5.41) is 3.36. The third kappa shape index (κ3) is 6.68. The molecule has 6 nitrogen and oxygen atoms in total. The fourth-order valence-corrected chi connectivity index (χ4v) is 2.98. The second kappa shape index (κ2) is 10.9. The fourth-order valence-electron chi connectivity index (χ4n) is 2.98. The van der Waals surface area contributed by atoms with Crippen LogP contribution in [0.1, 0.15) is 18.1 Å². The Bertz CT molecular complexity index is 877. The normalized spacial score (nSPS) is 11.3. The molecule has 29 heavy (non-hydrogen) atoms. The lowest BCUT2D eigenvalue weighted by Gasteiger charge is -2.22. The highest BCUT2D eigenvalue weighted by atomic mass is 16.5. The van der Waals surface area contributed by atoms with Gasteiger partial charge >= 0.3 is 0 Å². The zero-order valence-corrected chi connectivity index (χ0v) is 17.2. The van der Waals surface area contributed by atoms with Crippen molar-refractivity contribution in [1.29, 1.82) is 0 Å². The summed E-state index contributed by atoms with van der Waals surface area (Å²) in [6, 6.07) is 18.4. The van der Waals surface area contributed by atoms with Crippen molar-refractivity contribution in [2.24, 2.45) is 4.99 Å². The number of hydrogen-bond acceptors (Lipinski definition) is 3. The van der Waals surface area contributed by atoms with Gasteiger partial charge in [0, 0.05) is 32.5 Å². The highest BCUT2D eigenvalue weighted by molar-refractivity contribution is 5.79. The number of hydrogen-bond donors (Lipinski definition) is 1. The first-order valence-electron chi connectivity index (χ1n) is 9.95. The maximum atomic E-state index is 5.80. The Morgan fingerprint density at radius 3 is 2.72 bits per heavy atom. The molecule has 0 saturated carbocycles. The summed E-state index contributed by atoms with van der Waals surface area (Å²) in [6.45, 7) is 5.70. The molecule has 3 aromatic rings. The number of nitrogens with zero attached hydrogens (tertiary/aromatic N) is 4. The minimum absolute atomic E-state index is 0.602. The van der Waals surface area contributed by atoms with E-state index in [1.807, 2.05) is 49.9 Å². The van der Waals surface area contributed by atoms with Crippen molar-refractivity contribution in [1.82, 2.24) is 19.8 Å². The Labute approximate surface area is 172 Å². The van der Waals surface area contributed by atoms with Crippen LogP contribution in [0.15, 0.2) is 78.3 Å². The van der Waals surface area contributed by atoms with Crippen LogP contribution in [0.4, 0.5) is 0 Å². The van der Waals surface area contributed by atoms with Gasteiger partial charge in [0.15, 0.2) is 5.96 Å². The molecule has 1 N–H and O–H groups in total. The van der Waals surface area contributed by atoms with Crippen LogP contribution in [0.25, 0.3) is 0 Å². The van der Waals surface area contributed by atoms with Crippen LogP contribution in [-0.4, -0.2) is 47.2 Å². The molecule has 0 atom stereocenters. The van der Waals surface area contributed by atoms with E-state index in [9.17, 15) is 0 Å². The summed E-state index contributed by atoms with van der Waals surface area (Å²) in [5.74, 6) is 1.77. The van der Waals surface area contributed by atoms with Crippen LogP contribution in [0.5, 0.6) is 5.75 Å². The second-order valence-corrected chi connectivity index (χ2v) is 6.81. The monoisotopic (exact) mass is 391 g/mol. The maximum absolute atomic E-state index is 5.80. The third-order valence-electron chi connectivity index (χ3n) is 4.46. The van der Waals surface area contributed by atoms with Crippen LogP contribution in [0.3, 0.4) is 0 Å². The zero-order valence-electron chi connectivity index (χ0n) is 17.2. The summed E-state index contributed by atoms with van der Waals surface area (Å²) >= 11 is 0. The first-order valence-corrected chi connectivity index (χ1v) is 9.95. The van der Waals surface area contributed by atoms with Gasteiger partial charge in [-0.15, -0.1) is 0 Å². The van der Waals surface area contributed by atoms with Gasteiger partial charge in [0.05, 0.1) is 19.4 Å². The van der Waals surface area contributed by atoms with Crippen LogP contribution >= 0.6 is 0 Å². The van der Waals surface area contributed by atoms with Gasteiger partial charge < -0.3 is 19.5 Å². The highest BCUT2D eigenvalue weighted by Crippen LogP contribution is 2.10. The first-order chi connectivity index (χ1) is 14.2. The van der Waals surface area contributed by atoms with Crippen molar-refractivity contribution in [3.63, 3.8) is 0 Å². The van der Waals surface area contributed by atoms with Crippen LogP contribution in [0, 0.1) is 0 Å². The molecular formula is C23H29N5O. The number of ether oxygens (including phenoxy) is 1. The fraction of sp³-hybridized carbons (Fsp3) is 0.304. The molecule has 0 fully saturated rings. The van der Waals surface area contributed by atoms with E-state index in [1.54, 1.807) is 6.20 Å². The van der Waals surface area contributed by atoms with E-state index in [-0.39, 0.29) is 0 Å². The first kappa shape index (κ1) is 20.5. The van der Waals surface area contributed by atoms with Gasteiger partial charge in [0.2, 0.25) is 0 Å². The van der Waals surface area contributed by atoms with Crippen molar-refractivity contribution in [3.05, 3.63) is 84.4 Å². The van der Waals surface area contributed by atoms with Crippen molar-refractivity contribution in [3.8, 4) is 5.75 Å². The summed E-state index contributed by atoms with van der Waals surface area (Å²) in [7, 11) is 2.03. The van der Waals surface area contributed by atoms with Gasteiger partial charge in [0.25, 0.3) is 0 Å². The molecule has 1 aromatic heterocycles. The van der Waals surface area contributed by atoms with Crippen molar-refractivity contribution >= 4 is 5.96 Å². The number of para-hydroxylation sites is 1. The Morgan fingerprint density at radius 1 is 1.14 bits per heavy atom. The Morgan fingerprint density at radius 2 is 1.97 bits per heavy atom. The number of imidazole rings is 1. The molecule has 0 aliphatic carbocycles. The van der Waals surface area contributed by atoms with E-state index in [2.05, 4.69) is 51.0 Å². The molecule has 0 aliphatic heterocycles. The van der Waals surface area contributed by atoms with Crippen molar-refractivity contribution in [2.45, 2.75) is 20.0 Å². The second-order valence-electron chi connectivity index (χ2n) is 6.81. The zero-order chi connectivity index (χ0) is 20.3. The van der Waals surface area contributed by atoms with E-state index >= 15 is 0 Å². The molecule has 0 aliphatic rings. The molecule has 0 saturated heterocycles. The molecule has 152 valence electrons. The number of aliphatic imine (C=N–C) groups is 1. The molecule has 0 unspecified atom stereocenters. The SMILES string of the molecule is CCNC(=NCc1cccc(Cn2ccnc2)c1)N(C)CCOc1ccccc1. The number of nitrogens with one attached hydrogen (secondary N) is 1. The van der Waals surface area contributed by atoms with Crippen molar-refractivity contribution < 1.29 is 4.74 Å². The summed E-state index contributed by atoms with van der Waals surface area (Å²) in [5.41, 5.74) is 2.43. The van der Waals surface area contributed by atoms with Crippen LogP contribution in [0.2, 0.25) is 0 Å². The lowest BCUT2D eigenvalue weighted by atomic mass is 10.1. The van der Waals surface area contributed by atoms with Gasteiger partial charge in [-0.25, -0.2) is 9.98 Å². The van der Waals surface area contributed by atoms with Crippen LogP contribution in [-0.2, 0) is 13.1 Å². The van der Waals surface area contributed by atoms with Crippen molar-refractivity contribution in [2.75, 3.05) is 26.7 Å². The van der Waals surface area contributed by atoms with E-state index in [0.717, 1.165) is 31.3 Å². The summed E-state index contributed by atoms with van der Waals surface area (Å²) in [4.78, 5) is 11.0. The Balaban J connectivity index is 1.56. The lowest BCUT2D eigenvalue weighted by molar-refractivity contribution is 0.281. The average molecular weight is 392 g/mol. The largest absolute Gasteiger partial charge is 0.492 e. The topological polar surface area (TPSA) is 54.7 Å². The Hall–Kier alpha value is -3.28. The molecule has 0 bridgehead atoms.